The maximum absolute atomic E-state index is 11.3. The molecule has 3 N–H and O–H groups in total. The molecule has 0 aromatic heterocycles. The quantitative estimate of drug-likeness (QED) is 0.777. The number of hydrogen-bond acceptors (Lipinski definition) is 4. The van der Waals surface area contributed by atoms with E-state index in [1.807, 2.05) is 42.3 Å². The number of para-hydroxylation sites is 1. The van der Waals surface area contributed by atoms with E-state index >= 15 is 0 Å². The number of hydrogen-bond donors (Lipinski definition) is 2. The summed E-state index contributed by atoms with van der Waals surface area (Å²) in [5, 5.41) is 10.1. The second-order valence-electron chi connectivity index (χ2n) is 5.51. The van der Waals surface area contributed by atoms with Crippen LogP contribution in [-0.2, 0) is 6.54 Å². The molecule has 5 heteroatoms. The molecule has 1 unspecified atom stereocenters. The second-order valence-corrected chi connectivity index (χ2v) is 5.51. The largest absolute Gasteiger partial charge is 0.490 e. The monoisotopic (exact) mass is 314 g/mol. The first-order chi connectivity index (χ1) is 11.1. The number of carbonyl (C=O) groups excluding carboxylic acids is 1. The van der Waals surface area contributed by atoms with Crippen LogP contribution in [0.2, 0.25) is 0 Å². The van der Waals surface area contributed by atoms with Crippen molar-refractivity contribution in [2.75, 3.05) is 20.2 Å². The van der Waals surface area contributed by atoms with E-state index in [1.54, 1.807) is 24.3 Å². The molecule has 2 aromatic rings. The van der Waals surface area contributed by atoms with Gasteiger partial charge in [-0.3, -0.25) is 9.69 Å². The fourth-order valence-electron chi connectivity index (χ4n) is 2.35. The summed E-state index contributed by atoms with van der Waals surface area (Å²) in [4.78, 5) is 13.3. The summed E-state index contributed by atoms with van der Waals surface area (Å²) in [6, 6.07) is 16.8. The highest BCUT2D eigenvalue weighted by molar-refractivity contribution is 5.95. The van der Waals surface area contributed by atoms with E-state index < -0.39 is 12.0 Å². The van der Waals surface area contributed by atoms with Crippen LogP contribution in [0.5, 0.6) is 5.75 Å². The van der Waals surface area contributed by atoms with Gasteiger partial charge in [-0.1, -0.05) is 42.5 Å². The average Bonchev–Trinajstić information content (AvgIpc) is 2.54. The Morgan fingerprint density at radius 1 is 1.17 bits per heavy atom. The number of ether oxygens (including phenoxy) is 1. The fraction of sp³-hybridized carbons (Fsp3) is 0.278. The van der Waals surface area contributed by atoms with Crippen LogP contribution in [0, 0.1) is 0 Å². The molecule has 0 aliphatic heterocycles. The Hall–Kier alpha value is -2.37. The first-order valence-electron chi connectivity index (χ1n) is 7.48. The van der Waals surface area contributed by atoms with Gasteiger partial charge in [-0.15, -0.1) is 0 Å². The SMILES string of the molecule is CN(Cc1ccccc1)CC(O)COc1ccccc1C(N)=O. The van der Waals surface area contributed by atoms with Gasteiger partial charge in [-0.2, -0.15) is 0 Å². The molecule has 2 aromatic carbocycles. The van der Waals surface area contributed by atoms with Crippen molar-refractivity contribution in [1.29, 1.82) is 0 Å². The van der Waals surface area contributed by atoms with Gasteiger partial charge in [0.2, 0.25) is 0 Å². The Bertz CT molecular complexity index is 631. The summed E-state index contributed by atoms with van der Waals surface area (Å²) in [5.74, 6) is -0.152. The summed E-state index contributed by atoms with van der Waals surface area (Å²) in [6.45, 7) is 1.31. The number of nitrogens with zero attached hydrogens (tertiary/aromatic N) is 1. The van der Waals surface area contributed by atoms with Crippen molar-refractivity contribution < 1.29 is 14.6 Å². The van der Waals surface area contributed by atoms with E-state index in [9.17, 15) is 9.90 Å². The normalized spacial score (nSPS) is 12.1. The van der Waals surface area contributed by atoms with Gasteiger partial charge in [0.25, 0.3) is 5.91 Å². The van der Waals surface area contributed by atoms with Crippen molar-refractivity contribution in [3.63, 3.8) is 0 Å². The molecule has 0 heterocycles. The van der Waals surface area contributed by atoms with Gasteiger partial charge < -0.3 is 15.6 Å². The zero-order chi connectivity index (χ0) is 16.7. The molecule has 0 fully saturated rings. The summed E-state index contributed by atoms with van der Waals surface area (Å²) in [5.41, 5.74) is 6.80. The summed E-state index contributed by atoms with van der Waals surface area (Å²) in [7, 11) is 1.94. The molecule has 122 valence electrons. The molecule has 0 aliphatic carbocycles. The molecule has 2 rings (SSSR count). The van der Waals surface area contributed by atoms with Crippen LogP contribution in [0.3, 0.4) is 0 Å². The van der Waals surface area contributed by atoms with E-state index in [0.717, 1.165) is 6.54 Å². The molecular weight excluding hydrogens is 292 g/mol. The van der Waals surface area contributed by atoms with Crippen molar-refractivity contribution in [3.8, 4) is 5.75 Å². The van der Waals surface area contributed by atoms with Crippen LogP contribution in [0.4, 0.5) is 0 Å². The van der Waals surface area contributed by atoms with Gasteiger partial charge in [-0.25, -0.2) is 0 Å². The lowest BCUT2D eigenvalue weighted by atomic mass is 10.2. The standard InChI is InChI=1S/C18H22N2O3/c1-20(11-14-7-3-2-4-8-14)12-15(21)13-23-17-10-6-5-9-16(17)18(19)22/h2-10,15,21H,11-13H2,1H3,(H2,19,22). The minimum absolute atomic E-state index is 0.101. The molecule has 5 nitrogen and oxygen atoms in total. The van der Waals surface area contributed by atoms with Crippen LogP contribution in [-0.4, -0.2) is 42.2 Å². The molecule has 1 amide bonds. The molecular formula is C18H22N2O3. The Morgan fingerprint density at radius 3 is 2.52 bits per heavy atom. The number of nitrogens with two attached hydrogens (primary N) is 1. The van der Waals surface area contributed by atoms with Crippen molar-refractivity contribution in [2.45, 2.75) is 12.6 Å². The van der Waals surface area contributed by atoms with Gasteiger partial charge in [-0.05, 0) is 24.7 Å². The number of aliphatic hydroxyl groups is 1. The minimum atomic E-state index is -0.662. The Labute approximate surface area is 136 Å². The highest BCUT2D eigenvalue weighted by Crippen LogP contribution is 2.17. The van der Waals surface area contributed by atoms with Crippen LogP contribution < -0.4 is 10.5 Å². The molecule has 0 bridgehead atoms. The zero-order valence-electron chi connectivity index (χ0n) is 13.2. The number of carbonyl (C=O) groups is 1. The molecule has 1 atom stereocenters. The Morgan fingerprint density at radius 2 is 1.83 bits per heavy atom. The van der Waals surface area contributed by atoms with Gasteiger partial charge >= 0.3 is 0 Å². The Kier molecular flexibility index (Phi) is 6.14. The van der Waals surface area contributed by atoms with E-state index in [1.165, 1.54) is 5.56 Å². The minimum Gasteiger partial charge on any atom is -0.490 e. The van der Waals surface area contributed by atoms with Crippen molar-refractivity contribution in [1.82, 2.24) is 4.90 Å². The van der Waals surface area contributed by atoms with E-state index in [2.05, 4.69) is 0 Å². The predicted molar refractivity (Wildman–Crippen MR) is 89.2 cm³/mol. The molecule has 0 radical (unpaired) electrons. The smallest absolute Gasteiger partial charge is 0.252 e. The maximum atomic E-state index is 11.3. The van der Waals surface area contributed by atoms with Gasteiger partial charge in [0.1, 0.15) is 18.5 Å². The van der Waals surface area contributed by atoms with Crippen molar-refractivity contribution >= 4 is 5.91 Å². The third-order valence-corrected chi connectivity index (χ3v) is 3.40. The van der Waals surface area contributed by atoms with Gasteiger partial charge in [0.15, 0.2) is 0 Å². The lowest BCUT2D eigenvalue weighted by Gasteiger charge is -2.21. The van der Waals surface area contributed by atoms with E-state index in [0.29, 0.717) is 17.9 Å². The van der Waals surface area contributed by atoms with Crippen LogP contribution in [0.15, 0.2) is 54.6 Å². The zero-order valence-corrected chi connectivity index (χ0v) is 13.2. The Balaban J connectivity index is 1.83. The van der Waals surface area contributed by atoms with E-state index in [4.69, 9.17) is 10.5 Å². The molecule has 0 saturated heterocycles. The summed E-state index contributed by atoms with van der Waals surface area (Å²) < 4.78 is 5.53. The lowest BCUT2D eigenvalue weighted by Crippen LogP contribution is -2.33. The van der Waals surface area contributed by atoms with Crippen molar-refractivity contribution in [3.05, 3.63) is 65.7 Å². The number of likely N-dealkylation sites (N-methyl/N-ethyl adjacent to an activating group) is 1. The number of primary amides is 1. The lowest BCUT2D eigenvalue weighted by molar-refractivity contribution is 0.0733. The third kappa shape index (κ3) is 5.39. The highest BCUT2D eigenvalue weighted by atomic mass is 16.5. The molecule has 0 saturated carbocycles. The highest BCUT2D eigenvalue weighted by Gasteiger charge is 2.13. The number of aliphatic hydroxyl groups excluding tert-OH is 1. The number of amides is 1. The van der Waals surface area contributed by atoms with Crippen LogP contribution in [0.25, 0.3) is 0 Å². The summed E-state index contributed by atoms with van der Waals surface area (Å²) >= 11 is 0. The first-order valence-corrected chi connectivity index (χ1v) is 7.48. The first kappa shape index (κ1) is 17.0. The van der Waals surface area contributed by atoms with Crippen LogP contribution >= 0.6 is 0 Å². The molecule has 0 spiro atoms. The number of benzene rings is 2. The van der Waals surface area contributed by atoms with Gasteiger partial charge in [0.05, 0.1) is 5.56 Å². The average molecular weight is 314 g/mol. The predicted octanol–water partition coefficient (Wildman–Crippen LogP) is 1.66. The second kappa shape index (κ2) is 8.31. The fourth-order valence-corrected chi connectivity index (χ4v) is 2.35. The van der Waals surface area contributed by atoms with E-state index in [-0.39, 0.29) is 6.61 Å². The third-order valence-electron chi connectivity index (χ3n) is 3.40. The maximum Gasteiger partial charge on any atom is 0.252 e. The van der Waals surface area contributed by atoms with Gasteiger partial charge in [0, 0.05) is 13.1 Å². The van der Waals surface area contributed by atoms with Crippen molar-refractivity contribution in [2.24, 2.45) is 5.73 Å². The number of rotatable bonds is 8. The topological polar surface area (TPSA) is 75.8 Å². The molecule has 23 heavy (non-hydrogen) atoms. The summed E-state index contributed by atoms with van der Waals surface area (Å²) in [6.07, 6.45) is -0.662. The molecule has 0 aliphatic rings. The van der Waals surface area contributed by atoms with Crippen LogP contribution in [0.1, 0.15) is 15.9 Å².